The first-order chi connectivity index (χ1) is 9.83. The quantitative estimate of drug-likeness (QED) is 0.866. The molecular formula is C13H12BrN3O3S. The van der Waals surface area contributed by atoms with E-state index >= 15 is 0 Å². The third-order valence-corrected chi connectivity index (χ3v) is 3.43. The van der Waals surface area contributed by atoms with Crippen LogP contribution in [0.2, 0.25) is 0 Å². The number of carbonyl (C=O) groups excluding carboxylic acids is 1. The van der Waals surface area contributed by atoms with Crippen LogP contribution in [0.4, 0.5) is 11.4 Å². The van der Waals surface area contributed by atoms with E-state index in [2.05, 4.69) is 31.0 Å². The Bertz CT molecular complexity index is 778. The first kappa shape index (κ1) is 15.5. The lowest BCUT2D eigenvalue weighted by atomic mass is 10.2. The number of nitrogens with zero attached hydrogens (tertiary/aromatic N) is 1. The average Bonchev–Trinajstić information content (AvgIpc) is 2.37. The molecule has 1 aromatic carbocycles. The molecule has 0 spiro atoms. The average molecular weight is 370 g/mol. The fraction of sp³-hybridized carbons (Fsp3) is 0.0769. The summed E-state index contributed by atoms with van der Waals surface area (Å²) in [7, 11) is -3.36. The summed E-state index contributed by atoms with van der Waals surface area (Å²) in [5.41, 5.74) is 1.25. The number of aromatic nitrogens is 1. The Morgan fingerprint density at radius 1 is 1.19 bits per heavy atom. The van der Waals surface area contributed by atoms with Gasteiger partial charge in [0.1, 0.15) is 0 Å². The summed E-state index contributed by atoms with van der Waals surface area (Å²) in [6, 6.07) is 8.07. The normalized spacial score (nSPS) is 11.0. The SMILES string of the molecule is CS(=O)(=O)Nc1cccc(NC(=O)c2cncc(Br)c2)c1. The molecule has 0 radical (unpaired) electrons. The molecular weight excluding hydrogens is 358 g/mol. The van der Waals surface area contributed by atoms with Crippen LogP contribution < -0.4 is 10.0 Å². The maximum Gasteiger partial charge on any atom is 0.257 e. The van der Waals surface area contributed by atoms with E-state index in [1.807, 2.05) is 0 Å². The molecule has 6 nitrogen and oxygen atoms in total. The van der Waals surface area contributed by atoms with Crippen LogP contribution in [-0.4, -0.2) is 25.6 Å². The van der Waals surface area contributed by atoms with Gasteiger partial charge in [0.2, 0.25) is 10.0 Å². The van der Waals surface area contributed by atoms with Crippen LogP contribution in [0, 0.1) is 0 Å². The molecule has 0 bridgehead atoms. The molecule has 0 unspecified atom stereocenters. The minimum atomic E-state index is -3.36. The van der Waals surface area contributed by atoms with E-state index in [1.54, 1.807) is 30.5 Å². The zero-order chi connectivity index (χ0) is 15.5. The number of hydrogen-bond acceptors (Lipinski definition) is 4. The summed E-state index contributed by atoms with van der Waals surface area (Å²) >= 11 is 3.24. The Morgan fingerprint density at radius 3 is 2.57 bits per heavy atom. The van der Waals surface area contributed by atoms with Crippen molar-refractivity contribution in [3.05, 3.63) is 52.8 Å². The Morgan fingerprint density at radius 2 is 1.90 bits per heavy atom. The second-order valence-electron chi connectivity index (χ2n) is 4.30. The number of hydrogen-bond donors (Lipinski definition) is 2. The van der Waals surface area contributed by atoms with Gasteiger partial charge in [-0.1, -0.05) is 6.07 Å². The van der Waals surface area contributed by atoms with Crippen LogP contribution in [0.3, 0.4) is 0 Å². The predicted molar refractivity (Wildman–Crippen MR) is 84.8 cm³/mol. The molecule has 0 saturated heterocycles. The van der Waals surface area contributed by atoms with Crippen LogP contribution in [0.1, 0.15) is 10.4 Å². The van der Waals surface area contributed by atoms with E-state index in [4.69, 9.17) is 0 Å². The minimum absolute atomic E-state index is 0.333. The van der Waals surface area contributed by atoms with Crippen molar-refractivity contribution < 1.29 is 13.2 Å². The van der Waals surface area contributed by atoms with Crippen molar-refractivity contribution in [2.45, 2.75) is 0 Å². The number of nitrogens with one attached hydrogen (secondary N) is 2. The van der Waals surface area contributed by atoms with Crippen molar-refractivity contribution in [1.82, 2.24) is 4.98 Å². The van der Waals surface area contributed by atoms with E-state index in [9.17, 15) is 13.2 Å². The molecule has 0 atom stereocenters. The molecule has 0 aliphatic rings. The summed E-state index contributed by atoms with van der Waals surface area (Å²) in [6.07, 6.45) is 4.08. The highest BCUT2D eigenvalue weighted by atomic mass is 79.9. The Kier molecular flexibility index (Phi) is 4.59. The lowest BCUT2D eigenvalue weighted by Crippen LogP contribution is -2.13. The van der Waals surface area contributed by atoms with Crippen LogP contribution in [0.25, 0.3) is 0 Å². The van der Waals surface area contributed by atoms with Gasteiger partial charge in [0.05, 0.1) is 17.5 Å². The smallest absolute Gasteiger partial charge is 0.257 e. The lowest BCUT2D eigenvalue weighted by molar-refractivity contribution is 0.102. The van der Waals surface area contributed by atoms with Crippen molar-refractivity contribution in [3.63, 3.8) is 0 Å². The number of rotatable bonds is 4. The lowest BCUT2D eigenvalue weighted by Gasteiger charge is -2.08. The summed E-state index contributed by atoms with van der Waals surface area (Å²) in [6.45, 7) is 0. The molecule has 0 saturated carbocycles. The largest absolute Gasteiger partial charge is 0.322 e. The Balaban J connectivity index is 2.16. The van der Waals surface area contributed by atoms with Gasteiger partial charge in [0.25, 0.3) is 5.91 Å². The molecule has 1 aromatic heterocycles. The van der Waals surface area contributed by atoms with Crippen LogP contribution >= 0.6 is 15.9 Å². The predicted octanol–water partition coefficient (Wildman–Crippen LogP) is 2.47. The molecule has 1 amide bonds. The topological polar surface area (TPSA) is 88.2 Å². The summed E-state index contributed by atoms with van der Waals surface area (Å²) < 4.78 is 25.4. The fourth-order valence-electron chi connectivity index (χ4n) is 1.61. The van der Waals surface area contributed by atoms with Gasteiger partial charge in [-0.05, 0) is 40.2 Å². The third kappa shape index (κ3) is 4.83. The van der Waals surface area contributed by atoms with Crippen molar-refractivity contribution in [2.75, 3.05) is 16.3 Å². The van der Waals surface area contributed by atoms with Gasteiger partial charge in [-0.25, -0.2) is 8.42 Å². The van der Waals surface area contributed by atoms with E-state index < -0.39 is 10.0 Å². The van der Waals surface area contributed by atoms with Crippen LogP contribution in [-0.2, 0) is 10.0 Å². The number of sulfonamides is 1. The van der Waals surface area contributed by atoms with Gasteiger partial charge < -0.3 is 5.32 Å². The molecule has 0 fully saturated rings. The number of halogens is 1. The van der Waals surface area contributed by atoms with Crippen LogP contribution in [0.5, 0.6) is 0 Å². The van der Waals surface area contributed by atoms with Gasteiger partial charge in [-0.2, -0.15) is 0 Å². The first-order valence-corrected chi connectivity index (χ1v) is 8.52. The fourth-order valence-corrected chi connectivity index (χ4v) is 2.53. The van der Waals surface area contributed by atoms with Gasteiger partial charge in [-0.15, -0.1) is 0 Å². The molecule has 0 aliphatic heterocycles. The summed E-state index contributed by atoms with van der Waals surface area (Å²) in [5.74, 6) is -0.333. The summed E-state index contributed by atoms with van der Waals surface area (Å²) in [5, 5.41) is 2.68. The molecule has 0 aliphatic carbocycles. The van der Waals surface area contributed by atoms with Crippen molar-refractivity contribution in [3.8, 4) is 0 Å². The Hall–Kier alpha value is -1.93. The van der Waals surface area contributed by atoms with Crippen molar-refractivity contribution in [1.29, 1.82) is 0 Å². The van der Waals surface area contributed by atoms with E-state index in [1.165, 1.54) is 12.3 Å². The van der Waals surface area contributed by atoms with Gasteiger partial charge in [0, 0.05) is 22.6 Å². The maximum absolute atomic E-state index is 12.1. The molecule has 110 valence electrons. The van der Waals surface area contributed by atoms with E-state index in [-0.39, 0.29) is 5.91 Å². The second-order valence-corrected chi connectivity index (χ2v) is 6.97. The zero-order valence-electron chi connectivity index (χ0n) is 11.0. The molecule has 2 aromatic rings. The number of carbonyl (C=O) groups is 1. The maximum atomic E-state index is 12.1. The number of amides is 1. The molecule has 1 heterocycles. The molecule has 21 heavy (non-hydrogen) atoms. The molecule has 2 N–H and O–H groups in total. The number of benzene rings is 1. The van der Waals surface area contributed by atoms with Gasteiger partial charge in [-0.3, -0.25) is 14.5 Å². The van der Waals surface area contributed by atoms with E-state index in [0.29, 0.717) is 21.4 Å². The highest BCUT2D eigenvalue weighted by Gasteiger charge is 2.08. The van der Waals surface area contributed by atoms with Gasteiger partial charge in [0.15, 0.2) is 0 Å². The second kappa shape index (κ2) is 6.23. The minimum Gasteiger partial charge on any atom is -0.322 e. The highest BCUT2D eigenvalue weighted by molar-refractivity contribution is 9.10. The number of anilines is 2. The van der Waals surface area contributed by atoms with Crippen molar-refractivity contribution in [2.24, 2.45) is 0 Å². The third-order valence-electron chi connectivity index (χ3n) is 2.39. The first-order valence-electron chi connectivity index (χ1n) is 5.83. The highest BCUT2D eigenvalue weighted by Crippen LogP contribution is 2.17. The monoisotopic (exact) mass is 369 g/mol. The Labute approximate surface area is 130 Å². The van der Waals surface area contributed by atoms with Crippen LogP contribution in [0.15, 0.2) is 47.2 Å². The van der Waals surface area contributed by atoms with Crippen molar-refractivity contribution >= 4 is 43.2 Å². The number of pyridine rings is 1. The molecule has 8 heteroatoms. The standard InChI is InChI=1S/C13H12BrN3O3S/c1-21(19,20)17-12-4-2-3-11(6-12)16-13(18)9-5-10(14)8-15-7-9/h2-8,17H,1H3,(H,16,18). The molecule has 2 rings (SSSR count). The summed E-state index contributed by atoms with van der Waals surface area (Å²) in [4.78, 5) is 16.0. The van der Waals surface area contributed by atoms with E-state index in [0.717, 1.165) is 6.26 Å². The zero-order valence-corrected chi connectivity index (χ0v) is 13.4. The van der Waals surface area contributed by atoms with Gasteiger partial charge >= 0.3 is 0 Å².